The molecule has 4 rings (SSSR count). The molecule has 0 unspecified atom stereocenters. The van der Waals surface area contributed by atoms with Crippen LogP contribution in [-0.2, 0) is 26.9 Å². The van der Waals surface area contributed by atoms with Crippen LogP contribution in [0.25, 0.3) is 0 Å². The summed E-state index contributed by atoms with van der Waals surface area (Å²) in [5, 5.41) is 0. The van der Waals surface area contributed by atoms with E-state index >= 15 is 0 Å². The number of hydrogen-bond acceptors (Lipinski definition) is 4. The number of carbonyl (C=O) groups excluding carboxylic acids is 1. The number of piperidine rings is 1. The average Bonchev–Trinajstić information content (AvgIpc) is 2.86. The molecule has 3 heterocycles. The second-order valence-electron chi connectivity index (χ2n) is 9.56. The van der Waals surface area contributed by atoms with Gasteiger partial charge in [0.05, 0.1) is 10.8 Å². The van der Waals surface area contributed by atoms with Crippen LogP contribution in [0.2, 0.25) is 0 Å². The van der Waals surface area contributed by atoms with E-state index in [-0.39, 0.29) is 17.6 Å². The van der Waals surface area contributed by atoms with Crippen molar-refractivity contribution in [3.63, 3.8) is 0 Å². The van der Waals surface area contributed by atoms with Crippen LogP contribution in [0.3, 0.4) is 0 Å². The lowest BCUT2D eigenvalue weighted by Gasteiger charge is -2.46. The highest BCUT2D eigenvalue weighted by atomic mass is 32.2. The van der Waals surface area contributed by atoms with Gasteiger partial charge in [0.25, 0.3) is 0 Å². The minimum Gasteiger partial charge on any atom is -0.444 e. The number of aromatic nitrogens is 1. The van der Waals surface area contributed by atoms with Crippen LogP contribution < -0.4 is 4.72 Å². The van der Waals surface area contributed by atoms with Crippen molar-refractivity contribution in [1.82, 2.24) is 14.6 Å². The third kappa shape index (κ3) is 2.99. The minimum absolute atomic E-state index is 0.0316. The maximum atomic E-state index is 12.9. The molecule has 1 amide bonds. The monoisotopic (exact) mass is 391 g/mol. The number of nitrogens with one attached hydrogen (secondary N) is 1. The molecule has 7 heteroatoms. The van der Waals surface area contributed by atoms with Crippen molar-refractivity contribution < 1.29 is 13.7 Å². The van der Waals surface area contributed by atoms with E-state index in [0.29, 0.717) is 13.1 Å². The molecule has 1 spiro atoms. The molecular weight excluding hydrogens is 362 g/mol. The first-order chi connectivity index (χ1) is 12.5. The van der Waals surface area contributed by atoms with Gasteiger partial charge in [-0.05, 0) is 76.5 Å². The highest BCUT2D eigenvalue weighted by Gasteiger charge is 2.54. The molecule has 0 saturated carbocycles. The number of carbonyl (C=O) groups is 1. The Morgan fingerprint density at radius 1 is 1.33 bits per heavy atom. The smallest absolute Gasteiger partial charge is 0.410 e. The standard InChI is InChI=1S/C20H29N3O3S/c1-18(2,3)26-17(24)23-10-7-20(8-11-23)12-14-15-13(6-9-21-14)19(4,5)27(25)22-16(15)20/h6,9,16,22H,7-8,10-12H2,1-5H3/t16-,27+/m1/s1. The molecule has 1 saturated heterocycles. The van der Waals surface area contributed by atoms with Crippen molar-refractivity contribution in [1.29, 1.82) is 0 Å². The summed E-state index contributed by atoms with van der Waals surface area (Å²) < 4.78 is 21.4. The molecule has 1 aromatic rings. The van der Waals surface area contributed by atoms with Gasteiger partial charge < -0.3 is 9.64 Å². The topological polar surface area (TPSA) is 71.5 Å². The van der Waals surface area contributed by atoms with E-state index in [4.69, 9.17) is 4.74 Å². The highest BCUT2D eigenvalue weighted by molar-refractivity contribution is 7.84. The van der Waals surface area contributed by atoms with E-state index < -0.39 is 21.3 Å². The second-order valence-corrected chi connectivity index (χ2v) is 11.3. The summed E-state index contributed by atoms with van der Waals surface area (Å²) in [6.07, 6.45) is 4.20. The molecule has 3 aliphatic rings. The number of ether oxygens (including phenoxy) is 1. The molecule has 0 radical (unpaired) electrons. The van der Waals surface area contributed by atoms with Crippen LogP contribution >= 0.6 is 0 Å². The van der Waals surface area contributed by atoms with Crippen LogP contribution in [0.1, 0.15) is 70.3 Å². The van der Waals surface area contributed by atoms with E-state index in [2.05, 4.69) is 9.71 Å². The lowest BCUT2D eigenvalue weighted by atomic mass is 9.72. The van der Waals surface area contributed by atoms with Gasteiger partial charge in [-0.25, -0.2) is 13.7 Å². The number of fused-ring (bicyclic) bond motifs is 1. The first-order valence-electron chi connectivity index (χ1n) is 9.68. The summed E-state index contributed by atoms with van der Waals surface area (Å²) in [5.41, 5.74) is 3.01. The normalized spacial score (nSPS) is 28.1. The Hall–Kier alpha value is -1.47. The van der Waals surface area contributed by atoms with Crippen molar-refractivity contribution in [2.75, 3.05) is 13.1 Å². The fourth-order valence-electron chi connectivity index (χ4n) is 4.71. The SMILES string of the molecule is CC(C)(C)OC(=O)N1CCC2(CC1)Cc1nccc3c1[C@H]2N[S@@](=O)C3(C)C. The summed E-state index contributed by atoms with van der Waals surface area (Å²) >= 11 is 0. The molecule has 1 fully saturated rings. The van der Waals surface area contributed by atoms with Gasteiger partial charge in [0.1, 0.15) is 16.6 Å². The number of hydrogen-bond donors (Lipinski definition) is 1. The largest absolute Gasteiger partial charge is 0.444 e. The molecule has 0 aromatic carbocycles. The molecule has 1 N–H and O–H groups in total. The Morgan fingerprint density at radius 3 is 2.63 bits per heavy atom. The molecule has 6 nitrogen and oxygen atoms in total. The Bertz CT molecular complexity index is 807. The van der Waals surface area contributed by atoms with Gasteiger partial charge in [0.2, 0.25) is 0 Å². The fourth-order valence-corrected chi connectivity index (χ4v) is 5.97. The zero-order chi connectivity index (χ0) is 19.6. The summed E-state index contributed by atoms with van der Waals surface area (Å²) in [5.74, 6) is 0. The Kier molecular flexibility index (Phi) is 4.20. The average molecular weight is 392 g/mol. The number of likely N-dealkylation sites (tertiary alicyclic amines) is 1. The third-order valence-electron chi connectivity index (χ3n) is 6.24. The minimum atomic E-state index is -1.15. The maximum absolute atomic E-state index is 12.9. The summed E-state index contributed by atoms with van der Waals surface area (Å²) in [7, 11) is -1.15. The van der Waals surface area contributed by atoms with Gasteiger partial charge in [-0.2, -0.15) is 0 Å². The Balaban J connectivity index is 1.58. The quantitative estimate of drug-likeness (QED) is 0.737. The predicted molar refractivity (Wildman–Crippen MR) is 104 cm³/mol. The van der Waals surface area contributed by atoms with Crippen LogP contribution in [0.4, 0.5) is 4.79 Å². The van der Waals surface area contributed by atoms with Crippen LogP contribution in [0.15, 0.2) is 12.3 Å². The van der Waals surface area contributed by atoms with E-state index in [1.165, 1.54) is 5.56 Å². The van der Waals surface area contributed by atoms with Gasteiger partial charge in [-0.15, -0.1) is 0 Å². The lowest BCUT2D eigenvalue weighted by molar-refractivity contribution is 0.00705. The van der Waals surface area contributed by atoms with Crippen molar-refractivity contribution >= 4 is 17.1 Å². The molecule has 148 valence electrons. The van der Waals surface area contributed by atoms with Crippen molar-refractivity contribution in [2.24, 2.45) is 5.41 Å². The first-order valence-corrected chi connectivity index (χ1v) is 10.8. The van der Waals surface area contributed by atoms with Crippen LogP contribution in [-0.4, -0.2) is 38.9 Å². The van der Waals surface area contributed by atoms with Crippen molar-refractivity contribution in [2.45, 2.75) is 70.3 Å². The highest BCUT2D eigenvalue weighted by Crippen LogP contribution is 2.56. The maximum Gasteiger partial charge on any atom is 0.410 e. The third-order valence-corrected chi connectivity index (χ3v) is 7.84. The molecule has 1 aliphatic carbocycles. The second kappa shape index (κ2) is 6.01. The van der Waals surface area contributed by atoms with Gasteiger partial charge in [-0.3, -0.25) is 4.98 Å². The molecule has 1 aromatic heterocycles. The molecule has 2 aliphatic heterocycles. The van der Waals surface area contributed by atoms with Gasteiger partial charge >= 0.3 is 6.09 Å². The van der Waals surface area contributed by atoms with Gasteiger partial charge in [-0.1, -0.05) is 0 Å². The Labute approximate surface area is 163 Å². The van der Waals surface area contributed by atoms with E-state index in [9.17, 15) is 9.00 Å². The zero-order valence-corrected chi connectivity index (χ0v) is 17.6. The van der Waals surface area contributed by atoms with Crippen LogP contribution in [0.5, 0.6) is 0 Å². The lowest BCUT2D eigenvalue weighted by Crippen LogP contribution is -2.51. The zero-order valence-electron chi connectivity index (χ0n) is 16.8. The van der Waals surface area contributed by atoms with Gasteiger partial charge in [0, 0.05) is 25.0 Å². The van der Waals surface area contributed by atoms with Crippen molar-refractivity contribution in [3.05, 3.63) is 29.1 Å². The van der Waals surface area contributed by atoms with E-state index in [0.717, 1.165) is 30.5 Å². The molecule has 27 heavy (non-hydrogen) atoms. The summed E-state index contributed by atoms with van der Waals surface area (Å²) in [6.45, 7) is 11.0. The fraction of sp³-hybridized carbons (Fsp3) is 0.700. The van der Waals surface area contributed by atoms with E-state index in [1.807, 2.05) is 46.9 Å². The molecule has 2 atom stereocenters. The van der Waals surface area contributed by atoms with E-state index in [1.54, 1.807) is 4.90 Å². The van der Waals surface area contributed by atoms with Crippen molar-refractivity contribution in [3.8, 4) is 0 Å². The predicted octanol–water partition coefficient (Wildman–Crippen LogP) is 3.20. The molecule has 0 bridgehead atoms. The van der Waals surface area contributed by atoms with Gasteiger partial charge in [0.15, 0.2) is 0 Å². The Morgan fingerprint density at radius 2 is 2.00 bits per heavy atom. The first kappa shape index (κ1) is 18.9. The number of pyridine rings is 1. The van der Waals surface area contributed by atoms with Crippen LogP contribution in [0, 0.1) is 5.41 Å². The number of nitrogens with zero attached hydrogens (tertiary/aromatic N) is 2. The summed E-state index contributed by atoms with van der Waals surface area (Å²) in [6, 6.07) is 2.07. The summed E-state index contributed by atoms with van der Waals surface area (Å²) in [4.78, 5) is 18.9. The number of amides is 1. The molecular formula is C20H29N3O3S. The number of rotatable bonds is 0.